The van der Waals surface area contributed by atoms with E-state index in [-0.39, 0.29) is 24.7 Å². The van der Waals surface area contributed by atoms with Crippen molar-refractivity contribution in [3.05, 3.63) is 0 Å². The standard InChI is InChI=1S/C13H21BrF3NO/c14-8-2-1-3-9-18-12(19)10-4-6-11(7-5-10)13(15,16)17/h10-11H,1-9H2,(H,18,19). The number of amides is 1. The van der Waals surface area contributed by atoms with E-state index in [1.165, 1.54) is 0 Å². The van der Waals surface area contributed by atoms with Crippen LogP contribution in [0.15, 0.2) is 0 Å². The summed E-state index contributed by atoms with van der Waals surface area (Å²) < 4.78 is 37.5. The summed E-state index contributed by atoms with van der Waals surface area (Å²) in [5.74, 6) is -1.51. The maximum Gasteiger partial charge on any atom is 0.391 e. The number of alkyl halides is 4. The smallest absolute Gasteiger partial charge is 0.356 e. The molecule has 1 aliphatic rings. The number of hydrogen-bond acceptors (Lipinski definition) is 1. The van der Waals surface area contributed by atoms with Gasteiger partial charge in [0.25, 0.3) is 0 Å². The van der Waals surface area contributed by atoms with Crippen molar-refractivity contribution in [3.63, 3.8) is 0 Å². The second-order valence-corrected chi connectivity index (χ2v) is 5.92. The van der Waals surface area contributed by atoms with Gasteiger partial charge in [0.1, 0.15) is 0 Å². The van der Waals surface area contributed by atoms with E-state index in [0.717, 1.165) is 24.6 Å². The van der Waals surface area contributed by atoms with Crippen molar-refractivity contribution in [2.24, 2.45) is 11.8 Å². The lowest BCUT2D eigenvalue weighted by atomic mass is 9.81. The molecule has 0 bridgehead atoms. The fourth-order valence-electron chi connectivity index (χ4n) is 2.44. The molecule has 1 N–H and O–H groups in total. The molecule has 0 heterocycles. The molecule has 6 heteroatoms. The van der Waals surface area contributed by atoms with Crippen molar-refractivity contribution in [1.82, 2.24) is 5.32 Å². The van der Waals surface area contributed by atoms with E-state index in [1.807, 2.05) is 0 Å². The zero-order valence-corrected chi connectivity index (χ0v) is 12.5. The molecule has 19 heavy (non-hydrogen) atoms. The molecule has 0 aliphatic heterocycles. The maximum atomic E-state index is 12.5. The molecule has 1 fully saturated rings. The lowest BCUT2D eigenvalue weighted by molar-refractivity contribution is -0.184. The summed E-state index contributed by atoms with van der Waals surface area (Å²) >= 11 is 3.34. The first-order chi connectivity index (χ1) is 8.95. The zero-order valence-electron chi connectivity index (χ0n) is 10.9. The molecule has 0 saturated heterocycles. The largest absolute Gasteiger partial charge is 0.391 e. The Bertz CT molecular complexity index is 276. The summed E-state index contributed by atoms with van der Waals surface area (Å²) in [6, 6.07) is 0. The summed E-state index contributed by atoms with van der Waals surface area (Å²) in [6.07, 6.45) is -0.156. The molecule has 1 rings (SSSR count). The molecule has 1 amide bonds. The van der Waals surface area contributed by atoms with Crippen LogP contribution in [-0.2, 0) is 4.79 Å². The number of halogens is 4. The van der Waals surface area contributed by atoms with Crippen molar-refractivity contribution in [2.45, 2.75) is 51.1 Å². The van der Waals surface area contributed by atoms with Gasteiger partial charge in [0, 0.05) is 17.8 Å². The minimum absolute atomic E-state index is 0.0699. The first-order valence-electron chi connectivity index (χ1n) is 6.85. The van der Waals surface area contributed by atoms with E-state index in [1.54, 1.807) is 0 Å². The number of carbonyl (C=O) groups excluding carboxylic acids is 1. The van der Waals surface area contributed by atoms with E-state index in [2.05, 4.69) is 21.2 Å². The third-order valence-corrected chi connectivity index (χ3v) is 4.23. The van der Waals surface area contributed by atoms with E-state index < -0.39 is 12.1 Å². The molecule has 0 spiro atoms. The maximum absolute atomic E-state index is 12.5. The first kappa shape index (κ1) is 16.8. The molecule has 0 atom stereocenters. The lowest BCUT2D eigenvalue weighted by Gasteiger charge is -2.29. The average Bonchev–Trinajstić information content (AvgIpc) is 2.37. The quantitative estimate of drug-likeness (QED) is 0.572. The highest BCUT2D eigenvalue weighted by molar-refractivity contribution is 9.09. The second-order valence-electron chi connectivity index (χ2n) is 5.13. The summed E-state index contributed by atoms with van der Waals surface area (Å²) in [4.78, 5) is 11.8. The van der Waals surface area contributed by atoms with Crippen molar-refractivity contribution < 1.29 is 18.0 Å². The highest BCUT2D eigenvalue weighted by Crippen LogP contribution is 2.39. The Kier molecular flexibility index (Phi) is 7.18. The number of unbranched alkanes of at least 4 members (excludes halogenated alkanes) is 2. The topological polar surface area (TPSA) is 29.1 Å². The normalized spacial score (nSPS) is 24.2. The van der Waals surface area contributed by atoms with Crippen LogP contribution >= 0.6 is 15.9 Å². The third-order valence-electron chi connectivity index (χ3n) is 3.67. The van der Waals surface area contributed by atoms with Gasteiger partial charge in [-0.15, -0.1) is 0 Å². The van der Waals surface area contributed by atoms with Gasteiger partial charge in [-0.2, -0.15) is 13.2 Å². The highest BCUT2D eigenvalue weighted by Gasteiger charge is 2.42. The molecule has 2 nitrogen and oxygen atoms in total. The first-order valence-corrected chi connectivity index (χ1v) is 7.97. The van der Waals surface area contributed by atoms with Crippen LogP contribution in [0.2, 0.25) is 0 Å². The summed E-state index contributed by atoms with van der Waals surface area (Å²) in [7, 11) is 0. The van der Waals surface area contributed by atoms with Gasteiger partial charge in [0.2, 0.25) is 5.91 Å². The van der Waals surface area contributed by atoms with Gasteiger partial charge >= 0.3 is 6.18 Å². The molecule has 112 valence electrons. The van der Waals surface area contributed by atoms with Gasteiger partial charge in [-0.1, -0.05) is 22.4 Å². The molecule has 0 aromatic heterocycles. The molecular weight excluding hydrogens is 323 g/mol. The van der Waals surface area contributed by atoms with Gasteiger partial charge in [-0.25, -0.2) is 0 Å². The predicted octanol–water partition coefficient (Wildman–Crippen LogP) is 4.04. The van der Waals surface area contributed by atoms with Gasteiger partial charge in [-0.05, 0) is 38.5 Å². The van der Waals surface area contributed by atoms with Crippen LogP contribution in [0.1, 0.15) is 44.9 Å². The third kappa shape index (κ3) is 6.15. The Labute approximate surface area is 120 Å². The number of rotatable bonds is 6. The monoisotopic (exact) mass is 343 g/mol. The van der Waals surface area contributed by atoms with Crippen LogP contribution < -0.4 is 5.32 Å². The van der Waals surface area contributed by atoms with Crippen molar-refractivity contribution >= 4 is 21.8 Å². The SMILES string of the molecule is O=C(NCCCCCBr)C1CCC(C(F)(F)F)CC1. The minimum Gasteiger partial charge on any atom is -0.356 e. The summed E-state index contributed by atoms with van der Waals surface area (Å²) in [5.41, 5.74) is 0. The highest BCUT2D eigenvalue weighted by atomic mass is 79.9. The van der Waals surface area contributed by atoms with E-state index in [4.69, 9.17) is 0 Å². The number of nitrogens with one attached hydrogen (secondary N) is 1. The van der Waals surface area contributed by atoms with Gasteiger partial charge in [0.05, 0.1) is 5.92 Å². The van der Waals surface area contributed by atoms with Crippen LogP contribution in [0.25, 0.3) is 0 Å². The van der Waals surface area contributed by atoms with Crippen LogP contribution in [0.4, 0.5) is 13.2 Å². The molecule has 1 saturated carbocycles. The molecular formula is C13H21BrF3NO. The van der Waals surface area contributed by atoms with Crippen LogP contribution in [0.3, 0.4) is 0 Å². The predicted molar refractivity (Wildman–Crippen MR) is 72.2 cm³/mol. The van der Waals surface area contributed by atoms with Crippen LogP contribution in [0, 0.1) is 11.8 Å². The lowest BCUT2D eigenvalue weighted by Crippen LogP contribution is -2.36. The van der Waals surface area contributed by atoms with Crippen LogP contribution in [-0.4, -0.2) is 24.0 Å². The van der Waals surface area contributed by atoms with E-state index in [9.17, 15) is 18.0 Å². The van der Waals surface area contributed by atoms with Gasteiger partial charge < -0.3 is 5.32 Å². The Balaban J connectivity index is 2.18. The second kappa shape index (κ2) is 8.12. The Morgan fingerprint density at radius 2 is 1.74 bits per heavy atom. The fourth-order valence-corrected chi connectivity index (χ4v) is 2.83. The molecule has 0 aromatic carbocycles. The number of hydrogen-bond donors (Lipinski definition) is 1. The fraction of sp³-hybridized carbons (Fsp3) is 0.923. The Hall–Kier alpha value is -0.260. The van der Waals surface area contributed by atoms with Gasteiger partial charge in [-0.3, -0.25) is 4.79 Å². The summed E-state index contributed by atoms with van der Waals surface area (Å²) in [6.45, 7) is 0.630. The molecule has 0 unspecified atom stereocenters. The minimum atomic E-state index is -4.10. The zero-order chi connectivity index (χ0) is 14.3. The Morgan fingerprint density at radius 1 is 1.11 bits per heavy atom. The Morgan fingerprint density at radius 3 is 2.26 bits per heavy atom. The number of carbonyl (C=O) groups is 1. The van der Waals surface area contributed by atoms with Crippen molar-refractivity contribution in [2.75, 3.05) is 11.9 Å². The van der Waals surface area contributed by atoms with E-state index in [0.29, 0.717) is 19.4 Å². The molecule has 0 aromatic rings. The van der Waals surface area contributed by atoms with Gasteiger partial charge in [0.15, 0.2) is 0 Å². The average molecular weight is 344 g/mol. The van der Waals surface area contributed by atoms with Crippen LogP contribution in [0.5, 0.6) is 0 Å². The van der Waals surface area contributed by atoms with Crippen molar-refractivity contribution in [3.8, 4) is 0 Å². The molecule has 0 radical (unpaired) electrons. The van der Waals surface area contributed by atoms with E-state index >= 15 is 0 Å². The van der Waals surface area contributed by atoms with Crippen molar-refractivity contribution in [1.29, 1.82) is 0 Å². The molecule has 1 aliphatic carbocycles. The summed E-state index contributed by atoms with van der Waals surface area (Å²) in [5, 5.41) is 3.79.